The zero-order chi connectivity index (χ0) is 17.0. The van der Waals surface area contributed by atoms with E-state index in [0.29, 0.717) is 22.5 Å². The molecule has 0 spiro atoms. The molecule has 1 aliphatic rings. The van der Waals surface area contributed by atoms with E-state index in [-0.39, 0.29) is 11.5 Å². The van der Waals surface area contributed by atoms with Gasteiger partial charge in [-0.25, -0.2) is 4.98 Å². The van der Waals surface area contributed by atoms with E-state index in [0.717, 1.165) is 5.76 Å². The minimum atomic E-state index is -0.595. The molecule has 0 saturated heterocycles. The Morgan fingerprint density at radius 1 is 1.12 bits per heavy atom. The highest BCUT2D eigenvalue weighted by Gasteiger charge is 2.39. The van der Waals surface area contributed by atoms with Gasteiger partial charge in [-0.1, -0.05) is 12.1 Å². The molecule has 0 saturated carbocycles. The molecule has 24 heavy (non-hydrogen) atoms. The predicted molar refractivity (Wildman–Crippen MR) is 88.8 cm³/mol. The SMILES string of the molecule is Cc1ccc([C@@H]2c3nc4ccccc4c(=O)n3[C@@H](C)C(=O)N2C)o1. The highest BCUT2D eigenvalue weighted by Crippen LogP contribution is 2.34. The Balaban J connectivity index is 2.07. The number of hydrogen-bond acceptors (Lipinski definition) is 4. The molecule has 0 radical (unpaired) electrons. The van der Waals surface area contributed by atoms with Gasteiger partial charge in [0.25, 0.3) is 5.56 Å². The Morgan fingerprint density at radius 2 is 1.88 bits per heavy atom. The Labute approximate surface area is 138 Å². The molecule has 0 aliphatic carbocycles. The maximum absolute atomic E-state index is 12.9. The van der Waals surface area contributed by atoms with E-state index < -0.39 is 12.1 Å². The first kappa shape index (κ1) is 14.7. The third-order valence-electron chi connectivity index (χ3n) is 4.59. The maximum Gasteiger partial charge on any atom is 0.262 e. The van der Waals surface area contributed by atoms with Crippen molar-refractivity contribution in [3.05, 3.63) is 64.1 Å². The number of carbonyl (C=O) groups is 1. The highest BCUT2D eigenvalue weighted by atomic mass is 16.3. The average molecular weight is 323 g/mol. The van der Waals surface area contributed by atoms with Crippen LogP contribution >= 0.6 is 0 Å². The number of furan rings is 1. The van der Waals surface area contributed by atoms with Crippen LogP contribution < -0.4 is 5.56 Å². The molecular formula is C18H17N3O3. The van der Waals surface area contributed by atoms with Gasteiger partial charge in [0.15, 0.2) is 0 Å². The summed E-state index contributed by atoms with van der Waals surface area (Å²) in [6.45, 7) is 3.57. The summed E-state index contributed by atoms with van der Waals surface area (Å²) < 4.78 is 7.23. The maximum atomic E-state index is 12.9. The molecule has 2 aromatic heterocycles. The molecule has 122 valence electrons. The first-order valence-electron chi connectivity index (χ1n) is 7.83. The molecule has 3 heterocycles. The Kier molecular flexibility index (Phi) is 3.09. The molecule has 0 unspecified atom stereocenters. The molecule has 0 bridgehead atoms. The number of carbonyl (C=O) groups excluding carboxylic acids is 1. The summed E-state index contributed by atoms with van der Waals surface area (Å²) in [6, 6.07) is 9.75. The van der Waals surface area contributed by atoms with Crippen LogP contribution in [0.4, 0.5) is 0 Å². The molecule has 2 atom stereocenters. The molecule has 4 rings (SSSR count). The van der Waals surface area contributed by atoms with Gasteiger partial charge in [-0.2, -0.15) is 0 Å². The smallest absolute Gasteiger partial charge is 0.262 e. The molecule has 6 nitrogen and oxygen atoms in total. The summed E-state index contributed by atoms with van der Waals surface area (Å²) in [4.78, 5) is 31.9. The molecule has 1 aromatic carbocycles. The lowest BCUT2D eigenvalue weighted by molar-refractivity contribution is -0.137. The molecule has 1 aliphatic heterocycles. The largest absolute Gasteiger partial charge is 0.464 e. The van der Waals surface area contributed by atoms with Crippen LogP contribution in [-0.4, -0.2) is 27.4 Å². The van der Waals surface area contributed by atoms with Crippen LogP contribution in [0.5, 0.6) is 0 Å². The number of likely N-dealkylation sites (N-methyl/N-ethyl adjacent to an activating group) is 1. The Morgan fingerprint density at radius 3 is 2.58 bits per heavy atom. The molecule has 6 heteroatoms. The number of aryl methyl sites for hydroxylation is 1. The monoisotopic (exact) mass is 323 g/mol. The first-order valence-corrected chi connectivity index (χ1v) is 7.83. The van der Waals surface area contributed by atoms with Crippen LogP contribution in [0.3, 0.4) is 0 Å². The van der Waals surface area contributed by atoms with Gasteiger partial charge in [-0.3, -0.25) is 14.2 Å². The summed E-state index contributed by atoms with van der Waals surface area (Å²) >= 11 is 0. The van der Waals surface area contributed by atoms with Crippen LogP contribution in [0, 0.1) is 6.92 Å². The lowest BCUT2D eigenvalue weighted by atomic mass is 10.1. The number of benzene rings is 1. The zero-order valence-electron chi connectivity index (χ0n) is 13.7. The van der Waals surface area contributed by atoms with Crippen molar-refractivity contribution in [3.8, 4) is 0 Å². The quantitative estimate of drug-likeness (QED) is 0.690. The molecule has 0 fully saturated rings. The number of para-hydroxylation sites is 1. The average Bonchev–Trinajstić information content (AvgIpc) is 2.99. The summed E-state index contributed by atoms with van der Waals surface area (Å²) in [7, 11) is 1.71. The van der Waals surface area contributed by atoms with E-state index in [2.05, 4.69) is 4.98 Å². The zero-order valence-corrected chi connectivity index (χ0v) is 13.7. The summed E-state index contributed by atoms with van der Waals surface area (Å²) in [5.74, 6) is 1.74. The number of fused-ring (bicyclic) bond motifs is 2. The van der Waals surface area contributed by atoms with Crippen LogP contribution in [0.15, 0.2) is 45.6 Å². The van der Waals surface area contributed by atoms with Crippen molar-refractivity contribution in [2.24, 2.45) is 0 Å². The molecule has 1 amide bonds. The standard InChI is InChI=1S/C18H17N3O3/c1-10-8-9-14(24-10)15-16-19-13-7-5-4-6-12(13)18(23)21(16)11(2)17(22)20(15)3/h4-9,11,15H,1-3H3/t11-,15+/m0/s1. The van der Waals surface area contributed by atoms with Crippen LogP contribution in [0.1, 0.15) is 36.4 Å². The number of aromatic nitrogens is 2. The fraction of sp³-hybridized carbons (Fsp3) is 0.278. The lowest BCUT2D eigenvalue weighted by Crippen LogP contribution is -2.47. The molecule has 0 N–H and O–H groups in total. The summed E-state index contributed by atoms with van der Waals surface area (Å²) in [5, 5.41) is 0.514. The topological polar surface area (TPSA) is 68.3 Å². The summed E-state index contributed by atoms with van der Waals surface area (Å²) in [5.41, 5.74) is 0.426. The van der Waals surface area contributed by atoms with E-state index in [1.165, 1.54) is 4.57 Å². The van der Waals surface area contributed by atoms with Crippen molar-refractivity contribution in [2.75, 3.05) is 7.05 Å². The van der Waals surface area contributed by atoms with Gasteiger partial charge >= 0.3 is 0 Å². The van der Waals surface area contributed by atoms with Gasteiger partial charge in [-0.15, -0.1) is 0 Å². The van der Waals surface area contributed by atoms with E-state index in [1.54, 1.807) is 31.0 Å². The van der Waals surface area contributed by atoms with E-state index in [1.807, 2.05) is 31.2 Å². The molecule has 3 aromatic rings. The fourth-order valence-corrected chi connectivity index (χ4v) is 3.35. The second-order valence-electron chi connectivity index (χ2n) is 6.14. The van der Waals surface area contributed by atoms with Gasteiger partial charge in [0, 0.05) is 7.05 Å². The van der Waals surface area contributed by atoms with Crippen molar-refractivity contribution in [1.29, 1.82) is 0 Å². The van der Waals surface area contributed by atoms with Crippen LogP contribution in [0.2, 0.25) is 0 Å². The van der Waals surface area contributed by atoms with Crippen LogP contribution in [-0.2, 0) is 4.79 Å². The first-order chi connectivity index (χ1) is 11.5. The fourth-order valence-electron chi connectivity index (χ4n) is 3.35. The van der Waals surface area contributed by atoms with Gasteiger partial charge in [0.1, 0.15) is 29.4 Å². The number of hydrogen-bond donors (Lipinski definition) is 0. The van der Waals surface area contributed by atoms with Crippen LogP contribution in [0.25, 0.3) is 10.9 Å². The van der Waals surface area contributed by atoms with Crippen molar-refractivity contribution in [2.45, 2.75) is 25.9 Å². The van der Waals surface area contributed by atoms with Crippen molar-refractivity contribution in [3.63, 3.8) is 0 Å². The number of amides is 1. The van der Waals surface area contributed by atoms with Crippen molar-refractivity contribution < 1.29 is 9.21 Å². The third kappa shape index (κ3) is 1.92. The van der Waals surface area contributed by atoms with Crippen molar-refractivity contribution in [1.82, 2.24) is 14.5 Å². The van der Waals surface area contributed by atoms with Crippen molar-refractivity contribution >= 4 is 16.8 Å². The second-order valence-corrected chi connectivity index (χ2v) is 6.14. The minimum absolute atomic E-state index is 0.138. The minimum Gasteiger partial charge on any atom is -0.464 e. The van der Waals surface area contributed by atoms with Gasteiger partial charge < -0.3 is 9.32 Å². The third-order valence-corrected chi connectivity index (χ3v) is 4.59. The normalized spacial score (nSPS) is 20.5. The van der Waals surface area contributed by atoms with Gasteiger partial charge in [-0.05, 0) is 38.1 Å². The van der Waals surface area contributed by atoms with E-state index in [4.69, 9.17) is 4.42 Å². The molecular weight excluding hydrogens is 306 g/mol. The summed E-state index contributed by atoms with van der Waals surface area (Å²) in [6.07, 6.45) is 0. The predicted octanol–water partition coefficient (Wildman–Crippen LogP) is 2.42. The lowest BCUT2D eigenvalue weighted by Gasteiger charge is -2.36. The van der Waals surface area contributed by atoms with Gasteiger partial charge in [0.05, 0.1) is 10.9 Å². The second kappa shape index (κ2) is 5.06. The van der Waals surface area contributed by atoms with E-state index >= 15 is 0 Å². The highest BCUT2D eigenvalue weighted by molar-refractivity contribution is 5.84. The van der Waals surface area contributed by atoms with Gasteiger partial charge in [0.2, 0.25) is 5.91 Å². The number of rotatable bonds is 1. The Bertz CT molecular complexity index is 1020. The Hall–Kier alpha value is -2.89. The number of nitrogens with zero attached hydrogens (tertiary/aromatic N) is 3. The van der Waals surface area contributed by atoms with E-state index in [9.17, 15) is 9.59 Å².